The number of carboxylic acids is 1. The highest BCUT2D eigenvalue weighted by Gasteiger charge is 2.08. The number of carboxylic acid groups (broad SMARTS) is 1. The summed E-state index contributed by atoms with van der Waals surface area (Å²) in [6.07, 6.45) is 1.32. The molecule has 0 aliphatic heterocycles. The molecule has 0 aliphatic carbocycles. The smallest absolute Gasteiger partial charge is 0.354 e. The van der Waals surface area contributed by atoms with Crippen molar-refractivity contribution < 1.29 is 9.90 Å². The van der Waals surface area contributed by atoms with Crippen molar-refractivity contribution in [1.82, 2.24) is 4.98 Å². The van der Waals surface area contributed by atoms with Gasteiger partial charge in [0.25, 0.3) is 0 Å². The summed E-state index contributed by atoms with van der Waals surface area (Å²) in [6.45, 7) is 0. The zero-order valence-electron chi connectivity index (χ0n) is 5.88. The Kier molecular flexibility index (Phi) is 2.25. The Morgan fingerprint density at radius 1 is 1.75 bits per heavy atom. The van der Waals surface area contributed by atoms with Crippen LogP contribution in [0, 0.1) is 0 Å². The van der Waals surface area contributed by atoms with Gasteiger partial charge >= 0.3 is 5.97 Å². The van der Waals surface area contributed by atoms with E-state index in [9.17, 15) is 4.79 Å². The molecular weight excluding hydrogens is 160 g/mol. The van der Waals surface area contributed by atoms with Gasteiger partial charge in [-0.1, -0.05) is 5.11 Å². The van der Waals surface area contributed by atoms with E-state index >= 15 is 0 Å². The summed E-state index contributed by atoms with van der Waals surface area (Å²) >= 11 is 0. The van der Waals surface area contributed by atoms with Gasteiger partial charge < -0.3 is 5.11 Å². The molecule has 0 atom stereocenters. The highest BCUT2D eigenvalue weighted by Crippen LogP contribution is 2.15. The first-order chi connectivity index (χ1) is 5.75. The summed E-state index contributed by atoms with van der Waals surface area (Å²) in [5.74, 6) is -1.21. The fraction of sp³-hybridized carbons (Fsp3) is 0. The quantitative estimate of drug-likeness (QED) is 0.409. The Balaban J connectivity index is 3.26. The Labute approximate surface area is 67.1 Å². The number of hydrogen-bond acceptors (Lipinski definition) is 3. The minimum absolute atomic E-state index is 0.0208. The van der Waals surface area contributed by atoms with Gasteiger partial charge in [-0.15, -0.1) is 0 Å². The van der Waals surface area contributed by atoms with Crippen molar-refractivity contribution in [3.8, 4) is 0 Å². The summed E-state index contributed by atoms with van der Waals surface area (Å²) in [4.78, 5) is 16.5. The van der Waals surface area contributed by atoms with E-state index in [-0.39, 0.29) is 11.4 Å². The molecule has 60 valence electrons. The fourth-order valence-corrected chi connectivity index (χ4v) is 0.690. The highest BCUT2D eigenvalue weighted by atomic mass is 16.4. The number of carbonyl (C=O) groups is 1. The minimum atomic E-state index is -1.21. The number of aromatic carboxylic acids is 1. The van der Waals surface area contributed by atoms with E-state index in [2.05, 4.69) is 15.0 Å². The van der Waals surface area contributed by atoms with Gasteiger partial charge in [-0.25, -0.2) is 9.78 Å². The number of nitrogens with zero attached hydrogens (tertiary/aromatic N) is 4. The maximum Gasteiger partial charge on any atom is 0.354 e. The zero-order valence-corrected chi connectivity index (χ0v) is 5.88. The average molecular weight is 164 g/mol. The van der Waals surface area contributed by atoms with Crippen LogP contribution >= 0.6 is 0 Å². The summed E-state index contributed by atoms with van der Waals surface area (Å²) in [5, 5.41) is 11.7. The van der Waals surface area contributed by atoms with Gasteiger partial charge in [0.05, 0.1) is 5.69 Å². The van der Waals surface area contributed by atoms with Crippen LogP contribution in [0.15, 0.2) is 23.4 Å². The molecule has 0 amide bonds. The maximum absolute atomic E-state index is 10.5. The fourth-order valence-electron chi connectivity index (χ4n) is 0.690. The number of hydrogen-bond donors (Lipinski definition) is 1. The van der Waals surface area contributed by atoms with E-state index < -0.39 is 5.97 Å². The molecular formula is C6H4N4O2. The van der Waals surface area contributed by atoms with E-state index in [4.69, 9.17) is 10.6 Å². The monoisotopic (exact) mass is 164 g/mol. The van der Waals surface area contributed by atoms with Crippen molar-refractivity contribution in [3.05, 3.63) is 34.5 Å². The van der Waals surface area contributed by atoms with Crippen molar-refractivity contribution in [2.24, 2.45) is 5.11 Å². The summed E-state index contributed by atoms with van der Waals surface area (Å²) in [5.41, 5.74) is 7.84. The van der Waals surface area contributed by atoms with Crippen LogP contribution in [0.2, 0.25) is 0 Å². The lowest BCUT2D eigenvalue weighted by molar-refractivity contribution is 0.0691. The van der Waals surface area contributed by atoms with Gasteiger partial charge in [0, 0.05) is 11.1 Å². The van der Waals surface area contributed by atoms with Gasteiger partial charge in [0.15, 0.2) is 5.69 Å². The molecule has 6 nitrogen and oxygen atoms in total. The first kappa shape index (κ1) is 8.03. The van der Waals surface area contributed by atoms with Gasteiger partial charge in [0.2, 0.25) is 0 Å². The lowest BCUT2D eigenvalue weighted by atomic mass is 10.3. The van der Waals surface area contributed by atoms with E-state index in [1.165, 1.54) is 18.3 Å². The molecule has 0 saturated carbocycles. The predicted molar refractivity (Wildman–Crippen MR) is 40.0 cm³/mol. The van der Waals surface area contributed by atoms with Crippen molar-refractivity contribution in [3.63, 3.8) is 0 Å². The van der Waals surface area contributed by atoms with Crippen LogP contribution in [0.5, 0.6) is 0 Å². The molecule has 1 rings (SSSR count). The molecule has 0 radical (unpaired) electrons. The average Bonchev–Trinajstić information content (AvgIpc) is 2.05. The number of rotatable bonds is 2. The zero-order chi connectivity index (χ0) is 8.97. The molecule has 0 spiro atoms. The first-order valence-corrected chi connectivity index (χ1v) is 2.99. The molecule has 1 aromatic rings. The van der Waals surface area contributed by atoms with E-state index in [0.717, 1.165) is 0 Å². The molecule has 0 unspecified atom stereocenters. The minimum Gasteiger partial charge on any atom is -0.477 e. The molecule has 0 fully saturated rings. The SMILES string of the molecule is [N-]=[N+]=Nc1cccnc1C(=O)O. The second-order valence-corrected chi connectivity index (χ2v) is 1.87. The largest absolute Gasteiger partial charge is 0.477 e. The van der Waals surface area contributed by atoms with Crippen LogP contribution in [-0.2, 0) is 0 Å². The third kappa shape index (κ3) is 1.50. The molecule has 12 heavy (non-hydrogen) atoms. The van der Waals surface area contributed by atoms with Gasteiger partial charge in [-0.05, 0) is 17.7 Å². The van der Waals surface area contributed by atoms with Crippen LogP contribution in [0.4, 0.5) is 5.69 Å². The molecule has 1 aromatic heterocycles. The third-order valence-corrected chi connectivity index (χ3v) is 1.14. The summed E-state index contributed by atoms with van der Waals surface area (Å²) < 4.78 is 0. The van der Waals surface area contributed by atoms with Crippen LogP contribution in [0.1, 0.15) is 10.5 Å². The lowest BCUT2D eigenvalue weighted by Gasteiger charge is -1.95. The van der Waals surface area contributed by atoms with E-state index in [1.807, 2.05) is 0 Å². The van der Waals surface area contributed by atoms with Crippen molar-refractivity contribution in [1.29, 1.82) is 0 Å². The van der Waals surface area contributed by atoms with E-state index in [1.54, 1.807) is 0 Å². The molecule has 0 aliphatic rings. The van der Waals surface area contributed by atoms with Crippen LogP contribution in [-0.4, -0.2) is 16.1 Å². The Hall–Kier alpha value is -2.07. The number of pyridine rings is 1. The molecule has 0 aromatic carbocycles. The lowest BCUT2D eigenvalue weighted by Crippen LogP contribution is -1.99. The summed E-state index contributed by atoms with van der Waals surface area (Å²) in [7, 11) is 0. The van der Waals surface area contributed by atoms with E-state index in [0.29, 0.717) is 0 Å². The van der Waals surface area contributed by atoms with Crippen LogP contribution in [0.25, 0.3) is 10.4 Å². The van der Waals surface area contributed by atoms with Gasteiger partial charge in [-0.3, -0.25) is 0 Å². The van der Waals surface area contributed by atoms with Crippen molar-refractivity contribution in [2.45, 2.75) is 0 Å². The number of azide groups is 1. The molecule has 0 bridgehead atoms. The summed E-state index contributed by atoms with van der Waals surface area (Å²) in [6, 6.07) is 2.88. The third-order valence-electron chi connectivity index (χ3n) is 1.14. The van der Waals surface area contributed by atoms with Gasteiger partial charge in [0.1, 0.15) is 0 Å². The van der Waals surface area contributed by atoms with Gasteiger partial charge in [-0.2, -0.15) is 0 Å². The Morgan fingerprint density at radius 2 is 2.50 bits per heavy atom. The maximum atomic E-state index is 10.5. The molecule has 6 heteroatoms. The molecule has 1 N–H and O–H groups in total. The van der Waals surface area contributed by atoms with Crippen LogP contribution < -0.4 is 0 Å². The number of aromatic nitrogens is 1. The van der Waals surface area contributed by atoms with Crippen molar-refractivity contribution >= 4 is 11.7 Å². The first-order valence-electron chi connectivity index (χ1n) is 2.99. The molecule has 0 saturated heterocycles. The normalized spacial score (nSPS) is 8.67. The topological polar surface area (TPSA) is 99.0 Å². The Bertz CT molecular complexity index is 335. The second-order valence-electron chi connectivity index (χ2n) is 1.87. The standard InChI is InChI=1S/C6H4N4O2/c7-10-9-4-2-1-3-8-5(4)6(11)12/h1-3H,(H,11,12). The Morgan fingerprint density at radius 3 is 3.08 bits per heavy atom. The van der Waals surface area contributed by atoms with Crippen molar-refractivity contribution in [2.75, 3.05) is 0 Å². The van der Waals surface area contributed by atoms with Crippen LogP contribution in [0.3, 0.4) is 0 Å². The predicted octanol–water partition coefficient (Wildman–Crippen LogP) is 1.72. The second kappa shape index (κ2) is 3.36. The molecule has 1 heterocycles. The highest BCUT2D eigenvalue weighted by molar-refractivity contribution is 5.90.